The van der Waals surface area contributed by atoms with Crippen LogP contribution >= 0.6 is 22.6 Å². The predicted octanol–water partition coefficient (Wildman–Crippen LogP) is 7.19. The normalized spacial score (nSPS) is 19.7. The second-order valence-corrected chi connectivity index (χ2v) is 14.0. The van der Waals surface area contributed by atoms with Crippen LogP contribution in [0.15, 0.2) is 108 Å². The molecule has 4 aromatic carbocycles. The van der Waals surface area contributed by atoms with Crippen LogP contribution in [0.2, 0.25) is 0 Å². The zero-order valence-electron chi connectivity index (χ0n) is 28.5. The van der Waals surface area contributed by atoms with E-state index in [1.807, 2.05) is 84.9 Å². The van der Waals surface area contributed by atoms with Gasteiger partial charge in [-0.3, -0.25) is 14.5 Å². The zero-order valence-corrected chi connectivity index (χ0v) is 30.6. The van der Waals surface area contributed by atoms with Gasteiger partial charge in [0.25, 0.3) is 0 Å². The highest BCUT2D eigenvalue weighted by molar-refractivity contribution is 14.1. The number of aliphatic hydroxyl groups excluding tert-OH is 2. The van der Waals surface area contributed by atoms with Crippen LogP contribution in [0.4, 0.5) is 17.1 Å². The van der Waals surface area contributed by atoms with Gasteiger partial charge in [-0.1, -0.05) is 54.6 Å². The van der Waals surface area contributed by atoms with Crippen LogP contribution in [0.5, 0.6) is 11.5 Å². The molecular formula is C41H41IN2O7. The quantitative estimate of drug-likeness (QED) is 0.0485. The van der Waals surface area contributed by atoms with Crippen molar-refractivity contribution in [2.45, 2.75) is 25.4 Å². The number of nitrogens with zero attached hydrogens (tertiary/aromatic N) is 1. The number of methoxy groups -OCH3 is 2. The first-order valence-corrected chi connectivity index (χ1v) is 17.9. The van der Waals surface area contributed by atoms with Gasteiger partial charge in [-0.2, -0.15) is 0 Å². The minimum Gasteiger partial charge on any atom is -0.504 e. The Balaban J connectivity index is 1.26. The summed E-state index contributed by atoms with van der Waals surface area (Å²) >= 11 is 2.06. The molecule has 2 aliphatic rings. The first-order chi connectivity index (χ1) is 24.7. The molecule has 1 aliphatic heterocycles. The number of phenolic OH excluding ortho intramolecular Hbond substituents is 1. The van der Waals surface area contributed by atoms with Crippen molar-refractivity contribution in [2.75, 3.05) is 37.7 Å². The van der Waals surface area contributed by atoms with E-state index in [0.29, 0.717) is 33.4 Å². The maximum absolute atomic E-state index is 14.1. The van der Waals surface area contributed by atoms with Crippen LogP contribution in [-0.2, 0) is 14.3 Å². The van der Waals surface area contributed by atoms with Gasteiger partial charge in [0, 0.05) is 24.4 Å². The van der Waals surface area contributed by atoms with Gasteiger partial charge >= 0.3 is 0 Å². The maximum atomic E-state index is 14.1. The predicted molar refractivity (Wildman–Crippen MR) is 207 cm³/mol. The van der Waals surface area contributed by atoms with Crippen LogP contribution in [0, 0.1) is 21.3 Å². The minimum absolute atomic E-state index is 0.0748. The number of anilines is 3. The Morgan fingerprint density at radius 3 is 2.27 bits per heavy atom. The van der Waals surface area contributed by atoms with E-state index >= 15 is 0 Å². The number of allylic oxidation sites excluding steroid dienone is 1. The summed E-state index contributed by atoms with van der Waals surface area (Å²) in [6.07, 6.45) is 2.02. The van der Waals surface area contributed by atoms with Crippen molar-refractivity contribution >= 4 is 63.1 Å². The molecule has 4 N–H and O–H groups in total. The lowest BCUT2D eigenvalue weighted by molar-refractivity contribution is -0.123. The molecule has 0 bridgehead atoms. The highest BCUT2D eigenvalue weighted by atomic mass is 127. The third-order valence-corrected chi connectivity index (χ3v) is 10.5. The summed E-state index contributed by atoms with van der Waals surface area (Å²) < 4.78 is 11.6. The van der Waals surface area contributed by atoms with E-state index < -0.39 is 30.5 Å². The van der Waals surface area contributed by atoms with E-state index in [1.165, 1.54) is 12.0 Å². The lowest BCUT2D eigenvalue weighted by atomic mass is 9.68. The highest BCUT2D eigenvalue weighted by Gasteiger charge is 2.55. The number of aliphatic hydroxyl groups is 2. The topological polar surface area (TPSA) is 129 Å². The Morgan fingerprint density at radius 1 is 0.961 bits per heavy atom. The van der Waals surface area contributed by atoms with Gasteiger partial charge in [0.15, 0.2) is 11.5 Å². The molecule has 51 heavy (non-hydrogen) atoms. The summed E-state index contributed by atoms with van der Waals surface area (Å²) in [5, 5.41) is 36.4. The third kappa shape index (κ3) is 7.74. The molecule has 264 valence electrons. The Labute approximate surface area is 311 Å². The maximum Gasteiger partial charge on any atom is 0.238 e. The summed E-state index contributed by atoms with van der Waals surface area (Å²) in [4.78, 5) is 29.2. The van der Waals surface area contributed by atoms with Crippen molar-refractivity contribution in [2.24, 2.45) is 17.8 Å². The van der Waals surface area contributed by atoms with Crippen LogP contribution < -0.4 is 15.0 Å². The number of amides is 2. The van der Waals surface area contributed by atoms with Gasteiger partial charge in [-0.15, -0.1) is 0 Å². The van der Waals surface area contributed by atoms with Gasteiger partial charge in [-0.25, -0.2) is 0 Å². The number of carbonyl (C=O) groups excluding carboxylic acids is 2. The molecule has 9 nitrogen and oxygen atoms in total. The number of fused-ring (bicyclic) bond motifs is 1. The molecule has 1 fully saturated rings. The second kappa shape index (κ2) is 16.2. The number of benzene rings is 4. The van der Waals surface area contributed by atoms with Crippen molar-refractivity contribution in [1.29, 1.82) is 0 Å². The lowest BCUT2D eigenvalue weighted by Gasteiger charge is -2.36. The number of ether oxygens (including phenoxy) is 2. The number of hydrogen-bond donors (Lipinski definition) is 4. The lowest BCUT2D eigenvalue weighted by Crippen LogP contribution is -2.39. The molecular weight excluding hydrogens is 759 g/mol. The van der Waals surface area contributed by atoms with Gasteiger partial charge < -0.3 is 30.1 Å². The molecule has 2 amide bonds. The molecule has 0 radical (unpaired) electrons. The van der Waals surface area contributed by atoms with Crippen LogP contribution in [0.25, 0.3) is 11.6 Å². The number of phenols is 1. The van der Waals surface area contributed by atoms with Gasteiger partial charge in [-0.05, 0) is 118 Å². The summed E-state index contributed by atoms with van der Waals surface area (Å²) in [7, 11) is 3.06. The highest BCUT2D eigenvalue weighted by Crippen LogP contribution is 2.47. The Kier molecular flexibility index (Phi) is 11.6. The molecule has 1 saturated heterocycles. The number of hydrogen-bond acceptors (Lipinski definition) is 8. The number of halogens is 1. The van der Waals surface area contributed by atoms with Crippen molar-refractivity contribution in [3.05, 3.63) is 123 Å². The number of nitrogens with one attached hydrogen (secondary N) is 1. The van der Waals surface area contributed by atoms with Crippen molar-refractivity contribution in [3.8, 4) is 11.5 Å². The smallest absolute Gasteiger partial charge is 0.238 e. The molecule has 1 heterocycles. The monoisotopic (exact) mass is 800 g/mol. The van der Waals surface area contributed by atoms with Gasteiger partial charge in [0.05, 0.1) is 47.5 Å². The number of carbonyl (C=O) groups is 2. The number of imide groups is 1. The van der Waals surface area contributed by atoms with Crippen LogP contribution in [0.1, 0.15) is 30.4 Å². The first-order valence-electron chi connectivity index (χ1n) is 16.9. The fourth-order valence-electron chi connectivity index (χ4n) is 7.34. The van der Waals surface area contributed by atoms with E-state index in [-0.39, 0.29) is 30.6 Å². The van der Waals surface area contributed by atoms with E-state index in [0.717, 1.165) is 33.6 Å². The first kappa shape index (κ1) is 36.3. The average Bonchev–Trinajstić information content (AvgIpc) is 3.40. The van der Waals surface area contributed by atoms with Crippen molar-refractivity contribution < 1.29 is 34.4 Å². The zero-order chi connectivity index (χ0) is 36.1. The third-order valence-electron chi connectivity index (χ3n) is 9.69. The van der Waals surface area contributed by atoms with Gasteiger partial charge in [0.2, 0.25) is 11.8 Å². The largest absolute Gasteiger partial charge is 0.504 e. The molecule has 4 aromatic rings. The summed E-state index contributed by atoms with van der Waals surface area (Å²) in [5.41, 5.74) is 6.24. The van der Waals surface area contributed by atoms with E-state index in [1.54, 1.807) is 25.3 Å². The Bertz CT molecular complexity index is 1930. The average molecular weight is 801 g/mol. The fourth-order valence-corrected chi connectivity index (χ4v) is 7.96. The summed E-state index contributed by atoms with van der Waals surface area (Å²) in [5.74, 6) is -2.50. The number of para-hydroxylation sites is 1. The Hall–Kier alpha value is -4.49. The molecule has 1 aliphatic carbocycles. The van der Waals surface area contributed by atoms with Crippen LogP contribution in [-0.4, -0.2) is 60.7 Å². The molecule has 4 atom stereocenters. The minimum atomic E-state index is -1.00. The van der Waals surface area contributed by atoms with E-state index in [2.05, 4.69) is 27.9 Å². The summed E-state index contributed by atoms with van der Waals surface area (Å²) in [6.45, 7) is -0.235. The number of rotatable bonds is 13. The Morgan fingerprint density at radius 2 is 1.63 bits per heavy atom. The standard InChI is InChI=1S/C41H41IN2O7/c1-50-24-28-22-32-38(41(49)44(40(32)48)31-16-14-30(15-17-31)43-29-11-7-4-8-12-29)33(23-45)37(28)35(46)18-13-27(26-9-5-3-6-10-26)19-25-20-34(42)39(47)36(21-25)51-2/h3-12,14-17,19-21,32-33,35,38,43,45-47H,13,18,22-24H2,1-2H3/b27-19-/t32-,33+,35-,38-/m1/s1. The summed E-state index contributed by atoms with van der Waals surface area (Å²) in [6, 6.07) is 30.3. The van der Waals surface area contributed by atoms with E-state index in [4.69, 9.17) is 9.47 Å². The van der Waals surface area contributed by atoms with Crippen molar-refractivity contribution in [1.82, 2.24) is 0 Å². The van der Waals surface area contributed by atoms with Gasteiger partial charge in [0.1, 0.15) is 0 Å². The molecule has 10 heteroatoms. The molecule has 6 rings (SSSR count). The molecule has 0 saturated carbocycles. The molecule has 0 spiro atoms. The SMILES string of the molecule is COCC1=C([C@H](O)CC/C(=C/c2cc(I)c(O)c(OC)c2)c2ccccc2)[C@H](CO)[C@@H]2C(=O)N(c3ccc(Nc4ccccc4)cc3)C(=O)[C@@H]2C1. The van der Waals surface area contributed by atoms with E-state index in [9.17, 15) is 24.9 Å². The molecule has 0 unspecified atom stereocenters. The van der Waals surface area contributed by atoms with Crippen molar-refractivity contribution in [3.63, 3.8) is 0 Å². The number of aromatic hydroxyl groups is 1. The molecule has 0 aromatic heterocycles. The van der Waals surface area contributed by atoms with Crippen LogP contribution in [0.3, 0.4) is 0 Å². The fraction of sp³-hybridized carbons (Fsp3) is 0.268. The second-order valence-electron chi connectivity index (χ2n) is 12.8.